The second-order valence-corrected chi connectivity index (χ2v) is 5.96. The minimum absolute atomic E-state index is 0.301. The van der Waals surface area contributed by atoms with E-state index in [-0.39, 0.29) is 11.8 Å². The van der Waals surface area contributed by atoms with Crippen LogP contribution in [0.3, 0.4) is 0 Å². The van der Waals surface area contributed by atoms with E-state index in [9.17, 15) is 9.18 Å². The molecule has 0 saturated carbocycles. The molecule has 0 saturated heterocycles. The predicted octanol–water partition coefficient (Wildman–Crippen LogP) is 3.08. The summed E-state index contributed by atoms with van der Waals surface area (Å²) < 4.78 is 19.3. The maximum Gasteiger partial charge on any atom is 0.323 e. The average Bonchev–Trinajstić information content (AvgIpc) is 2.99. The lowest BCUT2D eigenvalue weighted by atomic mass is 9.90. The SMILES string of the molecule is COC(=O)[C@H]1Cc2c([nH]c3ccccc23)[C@@H](c2ccccc2F)N1. The van der Waals surface area contributed by atoms with Crippen molar-refractivity contribution in [2.24, 2.45) is 0 Å². The van der Waals surface area contributed by atoms with Gasteiger partial charge in [0.25, 0.3) is 0 Å². The van der Waals surface area contributed by atoms with E-state index in [1.807, 2.05) is 24.3 Å². The number of halogens is 1. The third-order valence-corrected chi connectivity index (χ3v) is 4.61. The van der Waals surface area contributed by atoms with E-state index in [2.05, 4.69) is 10.3 Å². The first kappa shape index (κ1) is 14.9. The van der Waals surface area contributed by atoms with Gasteiger partial charge < -0.3 is 9.72 Å². The van der Waals surface area contributed by atoms with Gasteiger partial charge in [0.15, 0.2) is 0 Å². The van der Waals surface area contributed by atoms with Crippen LogP contribution in [0.4, 0.5) is 4.39 Å². The van der Waals surface area contributed by atoms with E-state index in [4.69, 9.17) is 4.74 Å². The highest BCUT2D eigenvalue weighted by molar-refractivity contribution is 5.87. The molecule has 1 aliphatic rings. The summed E-state index contributed by atoms with van der Waals surface area (Å²) in [5.41, 5.74) is 3.43. The van der Waals surface area contributed by atoms with Crippen LogP contribution in [0.2, 0.25) is 0 Å². The lowest BCUT2D eigenvalue weighted by molar-refractivity contribution is -0.143. The number of methoxy groups -OCH3 is 1. The highest BCUT2D eigenvalue weighted by atomic mass is 19.1. The molecular weight excluding hydrogens is 307 g/mol. The average molecular weight is 324 g/mol. The number of esters is 1. The molecule has 0 fully saturated rings. The Kier molecular flexibility index (Phi) is 3.58. The second kappa shape index (κ2) is 5.76. The molecule has 0 bridgehead atoms. The number of hydrogen-bond acceptors (Lipinski definition) is 3. The fourth-order valence-corrected chi connectivity index (χ4v) is 3.48. The van der Waals surface area contributed by atoms with Crippen LogP contribution >= 0.6 is 0 Å². The summed E-state index contributed by atoms with van der Waals surface area (Å²) in [6.07, 6.45) is 0.511. The Hall–Kier alpha value is -2.66. The van der Waals surface area contributed by atoms with Gasteiger partial charge in [0, 0.05) is 28.6 Å². The summed E-state index contributed by atoms with van der Waals surface area (Å²) in [5, 5.41) is 4.29. The first-order valence-corrected chi connectivity index (χ1v) is 7.87. The maximum absolute atomic E-state index is 14.4. The number of hydrogen-bond donors (Lipinski definition) is 2. The van der Waals surface area contributed by atoms with Gasteiger partial charge in [0.05, 0.1) is 13.2 Å². The largest absolute Gasteiger partial charge is 0.468 e. The molecule has 5 heteroatoms. The van der Waals surface area contributed by atoms with Crippen molar-refractivity contribution in [3.05, 3.63) is 71.2 Å². The van der Waals surface area contributed by atoms with Crippen molar-refractivity contribution in [1.29, 1.82) is 0 Å². The Morgan fingerprint density at radius 3 is 2.71 bits per heavy atom. The van der Waals surface area contributed by atoms with Crippen molar-refractivity contribution in [2.45, 2.75) is 18.5 Å². The number of nitrogens with one attached hydrogen (secondary N) is 2. The summed E-state index contributed by atoms with van der Waals surface area (Å²) in [5.74, 6) is -0.641. The number of ether oxygens (including phenoxy) is 1. The molecule has 4 nitrogen and oxygen atoms in total. The molecule has 2 atom stereocenters. The van der Waals surface area contributed by atoms with Crippen LogP contribution in [0.5, 0.6) is 0 Å². The number of carbonyl (C=O) groups excluding carboxylic acids is 1. The predicted molar refractivity (Wildman–Crippen MR) is 89.2 cm³/mol. The quantitative estimate of drug-likeness (QED) is 0.712. The zero-order valence-corrected chi connectivity index (χ0v) is 13.2. The smallest absolute Gasteiger partial charge is 0.323 e. The molecule has 2 heterocycles. The molecule has 1 aromatic heterocycles. The third kappa shape index (κ3) is 2.29. The van der Waals surface area contributed by atoms with Crippen molar-refractivity contribution >= 4 is 16.9 Å². The number of benzene rings is 2. The lowest BCUT2D eigenvalue weighted by Crippen LogP contribution is -2.45. The molecule has 0 aliphatic carbocycles. The first-order valence-electron chi connectivity index (χ1n) is 7.87. The van der Waals surface area contributed by atoms with Gasteiger partial charge >= 0.3 is 5.97 Å². The number of rotatable bonds is 2. The second-order valence-electron chi connectivity index (χ2n) is 5.96. The highest BCUT2D eigenvalue weighted by Gasteiger charge is 2.35. The lowest BCUT2D eigenvalue weighted by Gasteiger charge is -2.30. The molecular formula is C19H17FN2O2. The van der Waals surface area contributed by atoms with Crippen LogP contribution in [-0.4, -0.2) is 24.1 Å². The minimum atomic E-state index is -0.508. The first-order chi connectivity index (χ1) is 11.7. The molecule has 0 unspecified atom stereocenters. The van der Waals surface area contributed by atoms with Gasteiger partial charge in [-0.15, -0.1) is 0 Å². The molecule has 3 aromatic rings. The summed E-state index contributed by atoms with van der Waals surface area (Å²) in [6.45, 7) is 0. The monoisotopic (exact) mass is 324 g/mol. The Morgan fingerprint density at radius 2 is 1.92 bits per heavy atom. The van der Waals surface area contributed by atoms with Gasteiger partial charge in [-0.25, -0.2) is 4.39 Å². The number of H-pyrrole nitrogens is 1. The maximum atomic E-state index is 14.4. The molecule has 1 aliphatic heterocycles. The van der Waals surface area contributed by atoms with Crippen LogP contribution in [0.25, 0.3) is 10.9 Å². The molecule has 0 radical (unpaired) electrons. The molecule has 2 aromatic carbocycles. The number of para-hydroxylation sites is 1. The van der Waals surface area contributed by atoms with E-state index < -0.39 is 12.1 Å². The summed E-state index contributed by atoms with van der Waals surface area (Å²) in [6, 6.07) is 13.6. The highest BCUT2D eigenvalue weighted by Crippen LogP contribution is 2.36. The zero-order chi connectivity index (χ0) is 16.7. The van der Waals surface area contributed by atoms with Gasteiger partial charge in [-0.3, -0.25) is 10.1 Å². The molecule has 0 amide bonds. The van der Waals surface area contributed by atoms with Crippen molar-refractivity contribution < 1.29 is 13.9 Å². The standard InChI is InChI=1S/C19H17FN2O2/c1-24-19(23)16-10-13-11-6-3-5-9-15(11)21-18(13)17(22-16)12-7-2-4-8-14(12)20/h2-9,16-17,21-22H,10H2,1H3/t16-,17-/m1/s1. The summed E-state index contributed by atoms with van der Waals surface area (Å²) >= 11 is 0. The van der Waals surface area contributed by atoms with Gasteiger partial charge in [0.2, 0.25) is 0 Å². The number of aromatic amines is 1. The molecule has 0 spiro atoms. The van der Waals surface area contributed by atoms with Crippen molar-refractivity contribution in [3.8, 4) is 0 Å². The Bertz CT molecular complexity index is 919. The van der Waals surface area contributed by atoms with Gasteiger partial charge in [-0.05, 0) is 17.7 Å². The fourth-order valence-electron chi connectivity index (χ4n) is 3.48. The van der Waals surface area contributed by atoms with Crippen LogP contribution < -0.4 is 5.32 Å². The number of carbonyl (C=O) groups is 1. The Morgan fingerprint density at radius 1 is 1.17 bits per heavy atom. The summed E-state index contributed by atoms with van der Waals surface area (Å²) in [7, 11) is 1.37. The topological polar surface area (TPSA) is 54.1 Å². The van der Waals surface area contributed by atoms with E-state index in [0.29, 0.717) is 12.0 Å². The number of aromatic nitrogens is 1. The van der Waals surface area contributed by atoms with Gasteiger partial charge in [-0.2, -0.15) is 0 Å². The van der Waals surface area contributed by atoms with Crippen LogP contribution in [0.15, 0.2) is 48.5 Å². The van der Waals surface area contributed by atoms with Crippen LogP contribution in [-0.2, 0) is 16.0 Å². The van der Waals surface area contributed by atoms with E-state index >= 15 is 0 Å². The summed E-state index contributed by atoms with van der Waals surface area (Å²) in [4.78, 5) is 15.5. The van der Waals surface area contributed by atoms with Crippen molar-refractivity contribution in [1.82, 2.24) is 10.3 Å². The van der Waals surface area contributed by atoms with Crippen molar-refractivity contribution in [2.75, 3.05) is 7.11 Å². The molecule has 4 rings (SSSR count). The van der Waals surface area contributed by atoms with Gasteiger partial charge in [0.1, 0.15) is 11.9 Å². The van der Waals surface area contributed by atoms with Gasteiger partial charge in [-0.1, -0.05) is 36.4 Å². The Labute approximate surface area is 138 Å². The molecule has 24 heavy (non-hydrogen) atoms. The number of fused-ring (bicyclic) bond motifs is 3. The van der Waals surface area contributed by atoms with Crippen LogP contribution in [0, 0.1) is 5.82 Å². The van der Waals surface area contributed by atoms with Crippen molar-refractivity contribution in [3.63, 3.8) is 0 Å². The molecule has 2 N–H and O–H groups in total. The minimum Gasteiger partial charge on any atom is -0.468 e. The fraction of sp³-hybridized carbons (Fsp3) is 0.211. The zero-order valence-electron chi connectivity index (χ0n) is 13.2. The molecule has 122 valence electrons. The van der Waals surface area contributed by atoms with E-state index in [1.54, 1.807) is 18.2 Å². The van der Waals surface area contributed by atoms with E-state index in [0.717, 1.165) is 22.2 Å². The van der Waals surface area contributed by atoms with Crippen LogP contribution in [0.1, 0.15) is 22.9 Å². The normalized spacial score (nSPS) is 19.9. The Balaban J connectivity index is 1.90. The van der Waals surface area contributed by atoms with E-state index in [1.165, 1.54) is 13.2 Å². The third-order valence-electron chi connectivity index (χ3n) is 4.61.